The third-order valence-electron chi connectivity index (χ3n) is 3.02. The second-order valence-electron chi connectivity index (χ2n) is 5.20. The summed E-state index contributed by atoms with van der Waals surface area (Å²) in [4.78, 5) is 13.4. The summed E-state index contributed by atoms with van der Waals surface area (Å²) < 4.78 is 13.4. The van der Waals surface area contributed by atoms with Crippen molar-refractivity contribution in [3.8, 4) is 0 Å². The van der Waals surface area contributed by atoms with Crippen molar-refractivity contribution in [2.24, 2.45) is 5.41 Å². The fourth-order valence-electron chi connectivity index (χ4n) is 1.76. The fourth-order valence-corrected chi connectivity index (χ4v) is 1.76. The molecule has 0 N–H and O–H groups in total. The topological polar surface area (TPSA) is 20.3 Å². The van der Waals surface area contributed by atoms with Gasteiger partial charge in [-0.25, -0.2) is 4.39 Å². The molecule has 0 radical (unpaired) electrons. The summed E-state index contributed by atoms with van der Waals surface area (Å²) in [6.45, 7) is 6.55. The SMILES string of the molecule is CC(=O)C(C)(C)CN(C)Cc1ccccc1F. The predicted octanol–water partition coefficient (Wildman–Crippen LogP) is 2.87. The zero-order chi connectivity index (χ0) is 13.1. The van der Waals surface area contributed by atoms with E-state index >= 15 is 0 Å². The Balaban J connectivity index is 2.65. The molecule has 0 aliphatic rings. The van der Waals surface area contributed by atoms with Crippen LogP contribution in [0.4, 0.5) is 4.39 Å². The van der Waals surface area contributed by atoms with Gasteiger partial charge < -0.3 is 4.90 Å². The lowest BCUT2D eigenvalue weighted by Gasteiger charge is -2.28. The first-order valence-electron chi connectivity index (χ1n) is 5.76. The van der Waals surface area contributed by atoms with Gasteiger partial charge in [-0.1, -0.05) is 32.0 Å². The van der Waals surface area contributed by atoms with Crippen molar-refractivity contribution in [1.29, 1.82) is 0 Å². The van der Waals surface area contributed by atoms with Crippen LogP contribution in [0.25, 0.3) is 0 Å². The van der Waals surface area contributed by atoms with E-state index in [1.54, 1.807) is 19.1 Å². The van der Waals surface area contributed by atoms with Gasteiger partial charge in [-0.05, 0) is 20.0 Å². The number of Topliss-reactive ketones (excluding diaryl/α,β-unsaturated/α-hetero) is 1. The highest BCUT2D eigenvalue weighted by molar-refractivity contribution is 5.81. The van der Waals surface area contributed by atoms with Gasteiger partial charge in [0.2, 0.25) is 0 Å². The van der Waals surface area contributed by atoms with Gasteiger partial charge in [0.15, 0.2) is 0 Å². The van der Waals surface area contributed by atoms with E-state index in [9.17, 15) is 9.18 Å². The summed E-state index contributed by atoms with van der Waals surface area (Å²) in [5.41, 5.74) is 0.273. The predicted molar refractivity (Wildman–Crippen MR) is 67.2 cm³/mol. The standard InChI is InChI=1S/C14H20FNO/c1-11(17)14(2,3)10-16(4)9-12-7-5-6-8-13(12)15/h5-8H,9-10H2,1-4H3. The molecule has 3 heteroatoms. The Bertz CT molecular complexity index is 401. The van der Waals surface area contributed by atoms with Crippen molar-refractivity contribution >= 4 is 5.78 Å². The van der Waals surface area contributed by atoms with Gasteiger partial charge in [0, 0.05) is 24.1 Å². The molecule has 2 nitrogen and oxygen atoms in total. The number of rotatable bonds is 5. The minimum absolute atomic E-state index is 0.151. The van der Waals surface area contributed by atoms with Gasteiger partial charge in [-0.2, -0.15) is 0 Å². The van der Waals surface area contributed by atoms with Crippen LogP contribution in [-0.2, 0) is 11.3 Å². The zero-order valence-corrected chi connectivity index (χ0v) is 11.0. The van der Waals surface area contributed by atoms with Crippen molar-refractivity contribution in [3.63, 3.8) is 0 Å². The monoisotopic (exact) mass is 237 g/mol. The molecule has 0 fully saturated rings. The normalized spacial score (nSPS) is 11.9. The van der Waals surface area contributed by atoms with Crippen LogP contribution >= 0.6 is 0 Å². The average molecular weight is 237 g/mol. The number of carbonyl (C=O) groups excluding carboxylic acids is 1. The lowest BCUT2D eigenvalue weighted by atomic mass is 9.88. The Morgan fingerprint density at radius 2 is 1.94 bits per heavy atom. The first kappa shape index (κ1) is 13.8. The number of nitrogens with zero attached hydrogens (tertiary/aromatic N) is 1. The molecule has 1 aromatic rings. The molecule has 0 heterocycles. The maximum atomic E-state index is 13.4. The molecule has 0 bridgehead atoms. The molecule has 0 amide bonds. The maximum Gasteiger partial charge on any atom is 0.136 e. The van der Waals surface area contributed by atoms with E-state index in [0.29, 0.717) is 18.7 Å². The van der Waals surface area contributed by atoms with E-state index in [1.807, 2.05) is 31.9 Å². The molecule has 1 rings (SSSR count). The molecule has 0 spiro atoms. The molecule has 0 saturated heterocycles. The minimum Gasteiger partial charge on any atom is -0.301 e. The average Bonchev–Trinajstić information content (AvgIpc) is 2.20. The first-order chi connectivity index (χ1) is 7.83. The molecule has 1 aromatic carbocycles. The Kier molecular flexibility index (Phi) is 4.40. The van der Waals surface area contributed by atoms with E-state index in [0.717, 1.165) is 0 Å². The van der Waals surface area contributed by atoms with E-state index in [2.05, 4.69) is 0 Å². The lowest BCUT2D eigenvalue weighted by molar-refractivity contribution is -0.125. The van der Waals surface area contributed by atoms with Crippen LogP contribution in [0.1, 0.15) is 26.3 Å². The van der Waals surface area contributed by atoms with Gasteiger partial charge in [0.05, 0.1) is 0 Å². The van der Waals surface area contributed by atoms with Gasteiger partial charge in [0.1, 0.15) is 11.6 Å². The number of halogens is 1. The summed E-state index contributed by atoms with van der Waals surface area (Å²) >= 11 is 0. The largest absolute Gasteiger partial charge is 0.301 e. The van der Waals surface area contributed by atoms with Crippen LogP contribution < -0.4 is 0 Å². The van der Waals surface area contributed by atoms with Gasteiger partial charge >= 0.3 is 0 Å². The van der Waals surface area contributed by atoms with Gasteiger partial charge in [0.25, 0.3) is 0 Å². The van der Waals surface area contributed by atoms with Crippen molar-refractivity contribution < 1.29 is 9.18 Å². The number of hydrogen-bond acceptors (Lipinski definition) is 2. The quantitative estimate of drug-likeness (QED) is 0.785. The fraction of sp³-hybridized carbons (Fsp3) is 0.500. The number of carbonyl (C=O) groups is 1. The Morgan fingerprint density at radius 3 is 2.47 bits per heavy atom. The van der Waals surface area contributed by atoms with Crippen molar-refractivity contribution in [2.75, 3.05) is 13.6 Å². The molecule has 0 unspecified atom stereocenters. The van der Waals surface area contributed by atoms with Crippen LogP contribution in [0.5, 0.6) is 0 Å². The molecule has 0 saturated carbocycles. The number of hydrogen-bond donors (Lipinski definition) is 0. The van der Waals surface area contributed by atoms with Crippen LogP contribution in [0, 0.1) is 11.2 Å². The Hall–Kier alpha value is -1.22. The summed E-state index contributed by atoms with van der Waals surface area (Å²) in [6, 6.07) is 6.73. The van der Waals surface area contributed by atoms with Gasteiger partial charge in [-0.3, -0.25) is 4.79 Å². The number of benzene rings is 1. The summed E-state index contributed by atoms with van der Waals surface area (Å²) in [5.74, 6) is -0.0436. The number of ketones is 1. The van der Waals surface area contributed by atoms with Crippen LogP contribution in [0.2, 0.25) is 0 Å². The summed E-state index contributed by atoms with van der Waals surface area (Å²) in [5, 5.41) is 0. The molecule has 17 heavy (non-hydrogen) atoms. The summed E-state index contributed by atoms with van der Waals surface area (Å²) in [7, 11) is 1.90. The second-order valence-corrected chi connectivity index (χ2v) is 5.20. The second kappa shape index (κ2) is 5.41. The van der Waals surface area contributed by atoms with E-state index in [4.69, 9.17) is 0 Å². The van der Waals surface area contributed by atoms with E-state index in [1.165, 1.54) is 6.07 Å². The van der Waals surface area contributed by atoms with Crippen LogP contribution in [0.3, 0.4) is 0 Å². The first-order valence-corrected chi connectivity index (χ1v) is 5.76. The third kappa shape index (κ3) is 3.93. The molecular weight excluding hydrogens is 217 g/mol. The third-order valence-corrected chi connectivity index (χ3v) is 3.02. The molecular formula is C14H20FNO. The highest BCUT2D eigenvalue weighted by atomic mass is 19.1. The van der Waals surface area contributed by atoms with E-state index < -0.39 is 0 Å². The highest BCUT2D eigenvalue weighted by Gasteiger charge is 2.25. The smallest absolute Gasteiger partial charge is 0.136 e. The molecule has 0 aliphatic carbocycles. The molecule has 0 aromatic heterocycles. The van der Waals surface area contributed by atoms with Crippen LogP contribution in [-0.4, -0.2) is 24.3 Å². The lowest BCUT2D eigenvalue weighted by Crippen LogP contribution is -2.35. The Morgan fingerprint density at radius 1 is 1.35 bits per heavy atom. The molecule has 0 atom stereocenters. The highest BCUT2D eigenvalue weighted by Crippen LogP contribution is 2.19. The van der Waals surface area contributed by atoms with E-state index in [-0.39, 0.29) is 17.0 Å². The van der Waals surface area contributed by atoms with Crippen molar-refractivity contribution in [1.82, 2.24) is 4.90 Å². The van der Waals surface area contributed by atoms with Gasteiger partial charge in [-0.15, -0.1) is 0 Å². The molecule has 0 aliphatic heterocycles. The maximum absolute atomic E-state index is 13.4. The van der Waals surface area contributed by atoms with Crippen molar-refractivity contribution in [2.45, 2.75) is 27.3 Å². The minimum atomic E-state index is -0.389. The van der Waals surface area contributed by atoms with Crippen molar-refractivity contribution in [3.05, 3.63) is 35.6 Å². The Labute approximate surface area is 102 Å². The summed E-state index contributed by atoms with van der Waals surface area (Å²) in [6.07, 6.45) is 0. The molecule has 94 valence electrons. The zero-order valence-electron chi connectivity index (χ0n) is 11.0. The van der Waals surface area contributed by atoms with Crippen LogP contribution in [0.15, 0.2) is 24.3 Å².